The Morgan fingerprint density at radius 2 is 1.93 bits per heavy atom. The molecule has 0 aliphatic rings. The third-order valence-corrected chi connectivity index (χ3v) is 2.12. The molecule has 5 heteroatoms. The summed E-state index contributed by atoms with van der Waals surface area (Å²) in [7, 11) is 3.04. The maximum atomic E-state index is 9.62. The lowest BCUT2D eigenvalue weighted by Crippen LogP contribution is -1.93. The molecule has 1 heterocycles. The van der Waals surface area contributed by atoms with Gasteiger partial charge in [-0.2, -0.15) is 0 Å². The van der Waals surface area contributed by atoms with Crippen LogP contribution < -0.4 is 9.47 Å². The van der Waals surface area contributed by atoms with Crippen LogP contribution in [0, 0.1) is 0 Å². The smallest absolute Gasteiger partial charge is 0.225 e. The molecule has 15 heavy (non-hydrogen) atoms. The summed E-state index contributed by atoms with van der Waals surface area (Å²) in [6, 6.07) is 3.46. The van der Waals surface area contributed by atoms with Crippen molar-refractivity contribution < 1.29 is 14.6 Å². The highest BCUT2D eigenvalue weighted by Gasteiger charge is 2.13. The number of aromatic nitrogens is 2. The molecular weight excluding hydrogens is 196 g/mol. The molecule has 2 rings (SSSR count). The van der Waals surface area contributed by atoms with Gasteiger partial charge in [-0.1, -0.05) is 0 Å². The minimum Gasteiger partial charge on any atom is -0.493 e. The van der Waals surface area contributed by atoms with E-state index in [9.17, 15) is 5.11 Å². The molecule has 78 valence electrons. The van der Waals surface area contributed by atoms with Crippen molar-refractivity contribution in [3.8, 4) is 17.4 Å². The van der Waals surface area contributed by atoms with E-state index in [1.165, 1.54) is 20.5 Å². The van der Waals surface area contributed by atoms with Crippen molar-refractivity contribution in [1.29, 1.82) is 0 Å². The molecule has 1 aromatic heterocycles. The fraction of sp³-hybridized carbons (Fsp3) is 0.200. The van der Waals surface area contributed by atoms with Gasteiger partial charge in [0, 0.05) is 0 Å². The number of fused-ring (bicyclic) bond motifs is 1. The van der Waals surface area contributed by atoms with Crippen LogP contribution in [0.5, 0.6) is 17.4 Å². The van der Waals surface area contributed by atoms with E-state index in [0.717, 1.165) is 0 Å². The lowest BCUT2D eigenvalue weighted by Gasteiger charge is -2.10. The van der Waals surface area contributed by atoms with Crippen LogP contribution in [-0.4, -0.2) is 29.3 Å². The predicted molar refractivity (Wildman–Crippen MR) is 54.3 cm³/mol. The first-order valence-electron chi connectivity index (χ1n) is 4.32. The largest absolute Gasteiger partial charge is 0.493 e. The van der Waals surface area contributed by atoms with E-state index in [2.05, 4.69) is 9.97 Å². The molecule has 0 atom stereocenters. The highest BCUT2D eigenvalue weighted by Crippen LogP contribution is 2.37. The van der Waals surface area contributed by atoms with Gasteiger partial charge < -0.3 is 14.6 Å². The number of aromatic hydroxyl groups is 1. The van der Waals surface area contributed by atoms with Crippen LogP contribution in [-0.2, 0) is 0 Å². The van der Waals surface area contributed by atoms with Gasteiger partial charge in [0.25, 0.3) is 0 Å². The maximum absolute atomic E-state index is 9.62. The number of ether oxygens (including phenoxy) is 2. The summed E-state index contributed by atoms with van der Waals surface area (Å²) >= 11 is 0. The summed E-state index contributed by atoms with van der Waals surface area (Å²) < 4.78 is 10.3. The quantitative estimate of drug-likeness (QED) is 0.803. The third kappa shape index (κ3) is 1.41. The second-order valence-corrected chi connectivity index (χ2v) is 2.89. The standard InChI is InChI=1S/C10H10N2O3/c1-14-7-4-3-6-8(9(7)15-2)10(13)12-5-11-6/h3-5H,1-2H3,(H,11,12,13). The number of rotatable bonds is 2. The van der Waals surface area contributed by atoms with Crippen LogP contribution in [0.25, 0.3) is 10.9 Å². The molecular formula is C10H10N2O3. The second kappa shape index (κ2) is 3.61. The highest BCUT2D eigenvalue weighted by atomic mass is 16.5. The predicted octanol–water partition coefficient (Wildman–Crippen LogP) is 1.35. The molecule has 0 unspecified atom stereocenters. The molecule has 0 aliphatic carbocycles. The molecule has 0 bridgehead atoms. The van der Waals surface area contributed by atoms with E-state index < -0.39 is 0 Å². The van der Waals surface area contributed by atoms with Gasteiger partial charge in [0.15, 0.2) is 11.5 Å². The van der Waals surface area contributed by atoms with Crippen LogP contribution in [0.1, 0.15) is 0 Å². The Labute approximate surface area is 86.3 Å². The average Bonchev–Trinajstić information content (AvgIpc) is 2.28. The Bertz CT molecular complexity index is 499. The van der Waals surface area contributed by atoms with Crippen molar-refractivity contribution in [1.82, 2.24) is 9.97 Å². The molecule has 0 saturated heterocycles. The van der Waals surface area contributed by atoms with Crippen molar-refractivity contribution in [3.05, 3.63) is 18.5 Å². The van der Waals surface area contributed by atoms with Crippen LogP contribution in [0.4, 0.5) is 0 Å². The van der Waals surface area contributed by atoms with Gasteiger partial charge in [-0.25, -0.2) is 9.97 Å². The molecule has 0 fully saturated rings. The van der Waals surface area contributed by atoms with Gasteiger partial charge >= 0.3 is 0 Å². The molecule has 0 amide bonds. The summed E-state index contributed by atoms with van der Waals surface area (Å²) in [4.78, 5) is 7.72. The number of methoxy groups -OCH3 is 2. The Kier molecular flexibility index (Phi) is 2.29. The third-order valence-electron chi connectivity index (χ3n) is 2.12. The fourth-order valence-electron chi connectivity index (χ4n) is 1.45. The van der Waals surface area contributed by atoms with E-state index in [1.807, 2.05) is 0 Å². The van der Waals surface area contributed by atoms with Gasteiger partial charge in [-0.3, -0.25) is 0 Å². The first-order chi connectivity index (χ1) is 7.27. The monoisotopic (exact) mass is 206 g/mol. The number of hydrogen-bond acceptors (Lipinski definition) is 5. The average molecular weight is 206 g/mol. The Hall–Kier alpha value is -2.04. The topological polar surface area (TPSA) is 64.5 Å². The summed E-state index contributed by atoms with van der Waals surface area (Å²) in [6.45, 7) is 0. The zero-order valence-corrected chi connectivity index (χ0v) is 8.39. The van der Waals surface area contributed by atoms with E-state index >= 15 is 0 Å². The van der Waals surface area contributed by atoms with Crippen LogP contribution in [0.3, 0.4) is 0 Å². The van der Waals surface area contributed by atoms with Crippen molar-refractivity contribution in [2.45, 2.75) is 0 Å². The maximum Gasteiger partial charge on any atom is 0.225 e. The molecule has 0 saturated carbocycles. The molecule has 5 nitrogen and oxygen atoms in total. The number of nitrogens with zero attached hydrogens (tertiary/aromatic N) is 2. The normalized spacial score (nSPS) is 10.3. The van der Waals surface area contributed by atoms with E-state index in [-0.39, 0.29) is 5.88 Å². The van der Waals surface area contributed by atoms with Gasteiger partial charge in [0.05, 0.1) is 19.7 Å². The van der Waals surface area contributed by atoms with E-state index in [0.29, 0.717) is 22.4 Å². The van der Waals surface area contributed by atoms with Gasteiger partial charge in [-0.15, -0.1) is 0 Å². The molecule has 1 aromatic carbocycles. The lowest BCUT2D eigenvalue weighted by atomic mass is 10.2. The molecule has 0 aliphatic heterocycles. The molecule has 0 radical (unpaired) electrons. The van der Waals surface area contributed by atoms with Gasteiger partial charge in [0.2, 0.25) is 5.88 Å². The second-order valence-electron chi connectivity index (χ2n) is 2.89. The summed E-state index contributed by atoms with van der Waals surface area (Å²) in [5.74, 6) is 0.860. The van der Waals surface area contributed by atoms with Crippen molar-refractivity contribution >= 4 is 10.9 Å². The molecule has 1 N–H and O–H groups in total. The Morgan fingerprint density at radius 3 is 2.60 bits per heavy atom. The van der Waals surface area contributed by atoms with Gasteiger partial charge in [0.1, 0.15) is 11.7 Å². The fourth-order valence-corrected chi connectivity index (χ4v) is 1.45. The minimum atomic E-state index is -0.115. The Balaban J connectivity index is 2.85. The van der Waals surface area contributed by atoms with Crippen molar-refractivity contribution in [2.75, 3.05) is 14.2 Å². The zero-order chi connectivity index (χ0) is 10.8. The SMILES string of the molecule is COc1ccc2ncnc(O)c2c1OC. The molecule has 0 spiro atoms. The minimum absolute atomic E-state index is 0.115. The number of hydrogen-bond donors (Lipinski definition) is 1. The first-order valence-corrected chi connectivity index (χ1v) is 4.32. The van der Waals surface area contributed by atoms with Gasteiger partial charge in [-0.05, 0) is 12.1 Å². The van der Waals surface area contributed by atoms with E-state index in [4.69, 9.17) is 9.47 Å². The van der Waals surface area contributed by atoms with E-state index in [1.54, 1.807) is 12.1 Å². The summed E-state index contributed by atoms with van der Waals surface area (Å²) in [5.41, 5.74) is 0.611. The van der Waals surface area contributed by atoms with Crippen LogP contribution >= 0.6 is 0 Å². The number of benzene rings is 1. The lowest BCUT2D eigenvalue weighted by molar-refractivity contribution is 0.356. The first kappa shape index (κ1) is 9.51. The summed E-state index contributed by atoms with van der Waals surface area (Å²) in [6.07, 6.45) is 1.30. The van der Waals surface area contributed by atoms with Crippen LogP contribution in [0.15, 0.2) is 18.5 Å². The Morgan fingerprint density at radius 1 is 1.13 bits per heavy atom. The molecule has 2 aromatic rings. The highest BCUT2D eigenvalue weighted by molar-refractivity contribution is 5.91. The van der Waals surface area contributed by atoms with Crippen molar-refractivity contribution in [2.24, 2.45) is 0 Å². The van der Waals surface area contributed by atoms with Crippen LogP contribution in [0.2, 0.25) is 0 Å². The van der Waals surface area contributed by atoms with Crippen molar-refractivity contribution in [3.63, 3.8) is 0 Å². The summed E-state index contributed by atoms with van der Waals surface area (Å²) in [5, 5.41) is 10.1. The zero-order valence-electron chi connectivity index (χ0n) is 8.39.